The van der Waals surface area contributed by atoms with Gasteiger partial charge in [0, 0.05) is 13.1 Å². The lowest BCUT2D eigenvalue weighted by Crippen LogP contribution is -2.38. The average molecular weight is 391 g/mol. The van der Waals surface area contributed by atoms with Gasteiger partial charge >= 0.3 is 0 Å². The molecule has 0 aliphatic carbocycles. The van der Waals surface area contributed by atoms with Crippen molar-refractivity contribution in [1.29, 1.82) is 0 Å². The van der Waals surface area contributed by atoms with Crippen molar-refractivity contribution in [3.05, 3.63) is 52.4 Å². The Labute approximate surface area is 149 Å². The first-order valence-electron chi connectivity index (χ1n) is 7.99. The highest BCUT2D eigenvalue weighted by Gasteiger charge is 2.24. The van der Waals surface area contributed by atoms with Crippen molar-refractivity contribution >= 4 is 33.4 Å². The van der Waals surface area contributed by atoms with E-state index in [1.807, 2.05) is 4.90 Å². The zero-order chi connectivity index (χ0) is 17.1. The number of rotatable bonds is 3. The molecule has 3 rings (SSSR count). The number of hydrogen-bond acceptors (Lipinski definition) is 3. The molecule has 2 aromatic rings. The molecular formula is C18H19BrN2O3. The number of hydrogen-bond donors (Lipinski definition) is 1. The lowest BCUT2D eigenvalue weighted by Gasteiger charge is -2.30. The normalized spacial score (nSPS) is 15.3. The fourth-order valence-corrected chi connectivity index (χ4v) is 3.09. The maximum absolute atomic E-state index is 12.8. The highest BCUT2D eigenvalue weighted by atomic mass is 79.9. The molecule has 0 bridgehead atoms. The Balaban J connectivity index is 1.77. The first kappa shape index (κ1) is 16.8. The standard InChI is InChI=1S/C18H19BrN2O3/c1-12-8-10-21(11-9-12)18(23)13-4-2-3-5-14(13)20-17(22)15-6-7-16(19)24-15/h2-7,12H,8-11H2,1H3,(H,20,22). The van der Waals surface area contributed by atoms with Crippen molar-refractivity contribution in [2.45, 2.75) is 19.8 Å². The third-order valence-corrected chi connectivity index (χ3v) is 4.70. The number of carbonyl (C=O) groups is 2. The van der Waals surface area contributed by atoms with Crippen LogP contribution in [0.4, 0.5) is 5.69 Å². The summed E-state index contributed by atoms with van der Waals surface area (Å²) in [5, 5.41) is 2.77. The smallest absolute Gasteiger partial charge is 0.291 e. The average Bonchev–Trinajstić information content (AvgIpc) is 3.02. The first-order valence-corrected chi connectivity index (χ1v) is 8.79. The number of piperidine rings is 1. The zero-order valence-electron chi connectivity index (χ0n) is 13.4. The Hall–Kier alpha value is -2.08. The molecule has 1 aromatic carbocycles. The number of nitrogens with one attached hydrogen (secondary N) is 1. The minimum Gasteiger partial charge on any atom is -0.444 e. The quantitative estimate of drug-likeness (QED) is 0.855. The zero-order valence-corrected chi connectivity index (χ0v) is 15.0. The summed E-state index contributed by atoms with van der Waals surface area (Å²) in [6, 6.07) is 10.3. The second-order valence-corrected chi connectivity index (χ2v) is 6.86. The lowest BCUT2D eigenvalue weighted by atomic mass is 9.98. The molecular weight excluding hydrogens is 372 g/mol. The van der Waals surface area contributed by atoms with Crippen LogP contribution in [0.15, 0.2) is 45.5 Å². The molecule has 1 N–H and O–H groups in total. The molecule has 1 fully saturated rings. The van der Waals surface area contributed by atoms with Gasteiger partial charge in [-0.25, -0.2) is 0 Å². The molecule has 0 unspecified atom stereocenters. The van der Waals surface area contributed by atoms with Crippen LogP contribution in [0, 0.1) is 5.92 Å². The van der Waals surface area contributed by atoms with Crippen LogP contribution in [0.3, 0.4) is 0 Å². The Morgan fingerprint density at radius 1 is 1.17 bits per heavy atom. The molecule has 0 atom stereocenters. The van der Waals surface area contributed by atoms with E-state index in [9.17, 15) is 9.59 Å². The van der Waals surface area contributed by atoms with Crippen molar-refractivity contribution in [3.63, 3.8) is 0 Å². The lowest BCUT2D eigenvalue weighted by molar-refractivity contribution is 0.0698. The van der Waals surface area contributed by atoms with E-state index in [2.05, 4.69) is 28.2 Å². The van der Waals surface area contributed by atoms with E-state index in [-0.39, 0.29) is 17.6 Å². The van der Waals surface area contributed by atoms with Gasteiger partial charge in [0.25, 0.3) is 11.8 Å². The van der Waals surface area contributed by atoms with Crippen LogP contribution in [-0.2, 0) is 0 Å². The van der Waals surface area contributed by atoms with Crippen LogP contribution in [0.5, 0.6) is 0 Å². The van der Waals surface area contributed by atoms with Crippen LogP contribution in [0.25, 0.3) is 0 Å². The van der Waals surface area contributed by atoms with Gasteiger partial charge in [0.15, 0.2) is 10.4 Å². The Morgan fingerprint density at radius 3 is 2.54 bits per heavy atom. The summed E-state index contributed by atoms with van der Waals surface area (Å²) in [4.78, 5) is 26.9. The van der Waals surface area contributed by atoms with Crippen molar-refractivity contribution in [1.82, 2.24) is 4.90 Å². The molecule has 24 heavy (non-hydrogen) atoms. The third kappa shape index (κ3) is 3.70. The van der Waals surface area contributed by atoms with Crippen molar-refractivity contribution in [2.75, 3.05) is 18.4 Å². The highest BCUT2D eigenvalue weighted by molar-refractivity contribution is 9.10. The number of furan rings is 1. The Kier molecular flexibility index (Phi) is 5.04. The van der Waals surface area contributed by atoms with Gasteiger partial charge in [-0.05, 0) is 59.0 Å². The van der Waals surface area contributed by atoms with Gasteiger partial charge < -0.3 is 14.6 Å². The summed E-state index contributed by atoms with van der Waals surface area (Å²) in [7, 11) is 0. The summed E-state index contributed by atoms with van der Waals surface area (Å²) in [6.07, 6.45) is 2.03. The molecule has 0 saturated carbocycles. The van der Waals surface area contributed by atoms with Gasteiger partial charge in [-0.15, -0.1) is 0 Å². The summed E-state index contributed by atoms with van der Waals surface area (Å²) in [5.41, 5.74) is 1.00. The molecule has 1 aliphatic heterocycles. The molecule has 6 heteroatoms. The molecule has 0 radical (unpaired) electrons. The maximum Gasteiger partial charge on any atom is 0.291 e. The predicted molar refractivity (Wildman–Crippen MR) is 95.1 cm³/mol. The topological polar surface area (TPSA) is 62.6 Å². The van der Waals surface area contributed by atoms with E-state index in [0.717, 1.165) is 25.9 Å². The van der Waals surface area contributed by atoms with Crippen LogP contribution in [0.2, 0.25) is 0 Å². The Morgan fingerprint density at radius 2 is 1.88 bits per heavy atom. The maximum atomic E-state index is 12.8. The number of nitrogens with zero attached hydrogens (tertiary/aromatic N) is 1. The molecule has 1 saturated heterocycles. The van der Waals surface area contributed by atoms with Crippen LogP contribution >= 0.6 is 15.9 Å². The molecule has 2 amide bonds. The minimum absolute atomic E-state index is 0.0431. The second kappa shape index (κ2) is 7.21. The summed E-state index contributed by atoms with van der Waals surface area (Å²) in [6.45, 7) is 3.72. The number of carbonyl (C=O) groups excluding carboxylic acids is 2. The minimum atomic E-state index is -0.381. The summed E-state index contributed by atoms with van der Waals surface area (Å²) >= 11 is 3.17. The molecule has 5 nitrogen and oxygen atoms in total. The number of amides is 2. The number of benzene rings is 1. The van der Waals surface area contributed by atoms with E-state index in [1.165, 1.54) is 0 Å². The van der Waals surface area contributed by atoms with E-state index in [4.69, 9.17) is 4.42 Å². The van der Waals surface area contributed by atoms with Gasteiger partial charge in [-0.3, -0.25) is 9.59 Å². The molecule has 2 heterocycles. The van der Waals surface area contributed by atoms with Crippen LogP contribution in [0.1, 0.15) is 40.7 Å². The number of halogens is 1. The van der Waals surface area contributed by atoms with Gasteiger partial charge in [0.1, 0.15) is 0 Å². The monoisotopic (exact) mass is 390 g/mol. The van der Waals surface area contributed by atoms with Gasteiger partial charge in [-0.1, -0.05) is 19.1 Å². The van der Waals surface area contributed by atoms with Gasteiger partial charge in [-0.2, -0.15) is 0 Å². The first-order chi connectivity index (χ1) is 11.5. The SMILES string of the molecule is CC1CCN(C(=O)c2ccccc2NC(=O)c2ccc(Br)o2)CC1. The van der Waals surface area contributed by atoms with Crippen LogP contribution in [-0.4, -0.2) is 29.8 Å². The Bertz CT molecular complexity index is 748. The fourth-order valence-electron chi connectivity index (χ4n) is 2.78. The van der Waals surface area contributed by atoms with Crippen LogP contribution < -0.4 is 5.32 Å². The predicted octanol–water partition coefficient (Wildman–Crippen LogP) is 4.17. The summed E-state index contributed by atoms with van der Waals surface area (Å²) < 4.78 is 5.74. The van der Waals surface area contributed by atoms with Crippen molar-refractivity contribution in [2.24, 2.45) is 5.92 Å². The summed E-state index contributed by atoms with van der Waals surface area (Å²) in [5.74, 6) is 0.420. The highest BCUT2D eigenvalue weighted by Crippen LogP contribution is 2.23. The molecule has 1 aliphatic rings. The fraction of sp³-hybridized carbons (Fsp3) is 0.333. The number of likely N-dealkylation sites (tertiary alicyclic amines) is 1. The number of anilines is 1. The number of para-hydroxylation sites is 1. The van der Waals surface area contributed by atoms with E-state index in [1.54, 1.807) is 36.4 Å². The van der Waals surface area contributed by atoms with E-state index in [0.29, 0.717) is 21.8 Å². The third-order valence-electron chi connectivity index (χ3n) is 4.27. The van der Waals surface area contributed by atoms with E-state index >= 15 is 0 Å². The largest absolute Gasteiger partial charge is 0.444 e. The second-order valence-electron chi connectivity index (χ2n) is 6.08. The molecule has 126 valence electrons. The van der Waals surface area contributed by atoms with Crippen molar-refractivity contribution < 1.29 is 14.0 Å². The van der Waals surface area contributed by atoms with E-state index < -0.39 is 0 Å². The van der Waals surface area contributed by atoms with Crippen molar-refractivity contribution in [3.8, 4) is 0 Å². The van der Waals surface area contributed by atoms with Gasteiger partial charge in [0.2, 0.25) is 0 Å². The molecule has 1 aromatic heterocycles. The van der Waals surface area contributed by atoms with Gasteiger partial charge in [0.05, 0.1) is 11.3 Å². The molecule has 0 spiro atoms.